The molecule has 0 bridgehead atoms. The minimum atomic E-state index is -5.25. The summed E-state index contributed by atoms with van der Waals surface area (Å²) in [7, 11) is 0. The molecule has 0 fully saturated rings. The second-order valence-corrected chi connectivity index (χ2v) is 2.33. The molecule has 0 rings (SSSR count). The molecule has 0 aliphatic heterocycles. The molecule has 0 aliphatic rings. The molecule has 36 valence electrons. The van der Waals surface area contributed by atoms with Crippen molar-refractivity contribution in [2.24, 2.45) is 0 Å². The Bertz CT molecular complexity index is 94.9. The van der Waals surface area contributed by atoms with Crippen molar-refractivity contribution in [2.45, 2.75) is 0 Å². The molecular formula is H4KNaO4Se. The quantitative estimate of drug-likeness (QED) is 0.416. The summed E-state index contributed by atoms with van der Waals surface area (Å²) in [6.07, 6.45) is 0. The molecule has 0 heterocycles. The summed E-state index contributed by atoms with van der Waals surface area (Å²) < 4.78 is 31.9. The van der Waals surface area contributed by atoms with Crippen LogP contribution in [-0.4, -0.2) is 103 Å². The SMILES string of the molecule is O=[Se](=O)(O)O.[KH].[NaH]. The Morgan fingerprint density at radius 2 is 1.14 bits per heavy atom. The average Bonchev–Trinajstić information content (AvgIpc) is 0.722. The van der Waals surface area contributed by atoms with E-state index < -0.39 is 13.4 Å². The Morgan fingerprint density at radius 3 is 1.14 bits per heavy atom. The van der Waals surface area contributed by atoms with E-state index in [1.807, 2.05) is 0 Å². The van der Waals surface area contributed by atoms with Crippen molar-refractivity contribution in [2.75, 3.05) is 0 Å². The monoisotopic (exact) mass is 210 g/mol. The predicted octanol–water partition coefficient (Wildman–Crippen LogP) is -3.03. The zero-order chi connectivity index (χ0) is 4.50. The van der Waals surface area contributed by atoms with Crippen LogP contribution < -0.4 is 0 Å². The van der Waals surface area contributed by atoms with Gasteiger partial charge in [0.2, 0.25) is 0 Å². The van der Waals surface area contributed by atoms with Crippen molar-refractivity contribution in [3.8, 4) is 0 Å². The molecule has 7 heteroatoms. The fourth-order valence-electron chi connectivity index (χ4n) is 0. The van der Waals surface area contributed by atoms with Gasteiger partial charge in [-0.05, 0) is 0 Å². The molecule has 0 atom stereocenters. The maximum absolute atomic E-state index is 8.82. The van der Waals surface area contributed by atoms with Crippen LogP contribution >= 0.6 is 0 Å². The van der Waals surface area contributed by atoms with Gasteiger partial charge in [-0.3, -0.25) is 0 Å². The maximum atomic E-state index is 8.82. The molecule has 7 heavy (non-hydrogen) atoms. The first-order valence-corrected chi connectivity index (χ1v) is 3.63. The van der Waals surface area contributed by atoms with Crippen LogP contribution in [0.4, 0.5) is 0 Å². The van der Waals surface area contributed by atoms with Crippen molar-refractivity contribution in [1.82, 2.24) is 0 Å². The van der Waals surface area contributed by atoms with Gasteiger partial charge in [-0.15, -0.1) is 0 Å². The fraction of sp³-hybridized carbons (Fsp3) is 0. The van der Waals surface area contributed by atoms with Gasteiger partial charge in [0.05, 0.1) is 0 Å². The molecule has 0 spiro atoms. The summed E-state index contributed by atoms with van der Waals surface area (Å²) in [5.41, 5.74) is 0. The first kappa shape index (κ1) is 16.3. The molecular weight excluding hydrogens is 205 g/mol. The van der Waals surface area contributed by atoms with E-state index in [4.69, 9.17) is 16.0 Å². The second-order valence-electron chi connectivity index (χ2n) is 0.448. The van der Waals surface area contributed by atoms with E-state index in [0.717, 1.165) is 0 Å². The molecule has 0 aromatic carbocycles. The standard InChI is InChI=1S/K.Na.H2O4Se.2H/c;;1-5(2,3)4;;/h;;(H2,1,2,3,4);;. The van der Waals surface area contributed by atoms with E-state index in [9.17, 15) is 0 Å². The van der Waals surface area contributed by atoms with E-state index in [-0.39, 0.29) is 80.9 Å². The van der Waals surface area contributed by atoms with Crippen molar-refractivity contribution in [1.29, 1.82) is 0 Å². The van der Waals surface area contributed by atoms with Crippen LogP contribution in [0.3, 0.4) is 0 Å². The summed E-state index contributed by atoms with van der Waals surface area (Å²) in [5, 5.41) is 0. The number of rotatable bonds is 0. The Kier molecular flexibility index (Phi) is 15.9. The first-order chi connectivity index (χ1) is 2.00. The average molecular weight is 209 g/mol. The van der Waals surface area contributed by atoms with E-state index in [0.29, 0.717) is 0 Å². The van der Waals surface area contributed by atoms with Crippen molar-refractivity contribution in [3.63, 3.8) is 0 Å². The van der Waals surface area contributed by atoms with Crippen molar-refractivity contribution in [3.05, 3.63) is 0 Å². The zero-order valence-corrected chi connectivity index (χ0v) is 3.83. The van der Waals surface area contributed by atoms with Crippen molar-refractivity contribution >= 4 is 94.3 Å². The molecule has 2 N–H and O–H groups in total. The molecule has 0 radical (unpaired) electrons. The summed E-state index contributed by atoms with van der Waals surface area (Å²) >= 11 is -5.25. The Hall–Kier alpha value is 2.68. The van der Waals surface area contributed by atoms with Gasteiger partial charge < -0.3 is 0 Å². The molecule has 0 amide bonds. The summed E-state index contributed by atoms with van der Waals surface area (Å²) in [6, 6.07) is 0. The van der Waals surface area contributed by atoms with Crippen molar-refractivity contribution < 1.29 is 16.0 Å². The first-order valence-electron chi connectivity index (χ1n) is 0.698. The summed E-state index contributed by atoms with van der Waals surface area (Å²) in [5.74, 6) is 0. The topological polar surface area (TPSA) is 74.6 Å². The van der Waals surface area contributed by atoms with Gasteiger partial charge >= 0.3 is 110 Å². The van der Waals surface area contributed by atoms with E-state index in [1.54, 1.807) is 0 Å². The molecule has 0 aromatic rings. The zero-order valence-electron chi connectivity index (χ0n) is 2.12. The van der Waals surface area contributed by atoms with Gasteiger partial charge in [-0.2, -0.15) is 0 Å². The molecule has 4 nitrogen and oxygen atoms in total. The molecule has 0 unspecified atom stereocenters. The van der Waals surface area contributed by atoms with E-state index >= 15 is 0 Å². The van der Waals surface area contributed by atoms with Crippen LogP contribution in [0.5, 0.6) is 0 Å². The van der Waals surface area contributed by atoms with Crippen LogP contribution in [0.1, 0.15) is 0 Å². The van der Waals surface area contributed by atoms with Crippen LogP contribution in [0.25, 0.3) is 0 Å². The normalized spacial score (nSPS) is 8.29. The second kappa shape index (κ2) is 6.79. The van der Waals surface area contributed by atoms with Gasteiger partial charge in [-0.25, -0.2) is 0 Å². The number of hydrogen-bond donors (Lipinski definition) is 2. The molecule has 0 aliphatic carbocycles. The minimum absolute atomic E-state index is 0. The van der Waals surface area contributed by atoms with Gasteiger partial charge in [0.15, 0.2) is 0 Å². The molecule has 0 aromatic heterocycles. The Morgan fingerprint density at radius 1 is 1.14 bits per heavy atom. The Labute approximate surface area is 108 Å². The van der Waals surface area contributed by atoms with Gasteiger partial charge in [0.1, 0.15) is 0 Å². The van der Waals surface area contributed by atoms with Crippen LogP contribution in [0, 0.1) is 0 Å². The van der Waals surface area contributed by atoms with Crippen LogP contribution in [-0.2, 0) is 7.67 Å². The summed E-state index contributed by atoms with van der Waals surface area (Å²) in [6.45, 7) is 0. The third-order valence-electron chi connectivity index (χ3n) is 0. The van der Waals surface area contributed by atoms with Gasteiger partial charge in [-0.1, -0.05) is 0 Å². The van der Waals surface area contributed by atoms with E-state index in [1.165, 1.54) is 0 Å². The van der Waals surface area contributed by atoms with Crippen LogP contribution in [0.15, 0.2) is 0 Å². The molecule has 0 saturated heterocycles. The molecule has 0 saturated carbocycles. The Balaban J connectivity index is -0.0000000800. The van der Waals surface area contributed by atoms with Gasteiger partial charge in [0.25, 0.3) is 0 Å². The third-order valence-corrected chi connectivity index (χ3v) is 0. The predicted molar refractivity (Wildman–Crippen MR) is 25.9 cm³/mol. The number of hydrogen-bond acceptors (Lipinski definition) is 2. The van der Waals surface area contributed by atoms with Gasteiger partial charge in [0, 0.05) is 0 Å². The van der Waals surface area contributed by atoms with Crippen LogP contribution in [0.2, 0.25) is 0 Å². The fourth-order valence-corrected chi connectivity index (χ4v) is 0. The summed E-state index contributed by atoms with van der Waals surface area (Å²) in [4.78, 5) is 0. The van der Waals surface area contributed by atoms with E-state index in [2.05, 4.69) is 0 Å². The third kappa shape index (κ3) is 54.0.